The molecule has 3 heterocycles. The Morgan fingerprint density at radius 3 is 2.58 bits per heavy atom. The average molecular weight is 748 g/mol. The van der Waals surface area contributed by atoms with Gasteiger partial charge in [-0.2, -0.15) is 0 Å². The number of rotatable bonds is 9. The Kier molecular flexibility index (Phi) is 11.0. The van der Waals surface area contributed by atoms with Crippen LogP contribution in [-0.4, -0.2) is 72.4 Å². The molecule has 286 valence electrons. The number of carbonyl (C=O) groups is 4. The SMILES string of the molecule is C=C[C@H]1C[C@]1(CC(=O)[C@@H]1C[C@@H]2CN1C(=O)[C@H](C1CCCCC1)CC(=O)OC[C@@H](CC)CCCc1ccc3ccnc(c3c1)O2)C(=O)NS(=O)(=O)C1CC1. The Bertz CT molecular complexity index is 1850. The summed E-state index contributed by atoms with van der Waals surface area (Å²) in [5.74, 6) is -2.10. The van der Waals surface area contributed by atoms with Gasteiger partial charge in [0.1, 0.15) is 6.10 Å². The van der Waals surface area contributed by atoms with E-state index in [1.165, 1.54) is 0 Å². The van der Waals surface area contributed by atoms with E-state index in [4.69, 9.17) is 9.47 Å². The number of ketones is 1. The maximum Gasteiger partial charge on any atom is 0.306 e. The number of amides is 2. The lowest BCUT2D eigenvalue weighted by molar-refractivity contribution is -0.153. The highest BCUT2D eigenvalue weighted by Crippen LogP contribution is 2.57. The van der Waals surface area contributed by atoms with Crippen molar-refractivity contribution >= 4 is 44.4 Å². The third-order valence-electron chi connectivity index (χ3n) is 12.6. The highest BCUT2D eigenvalue weighted by Gasteiger charge is 2.61. The number of nitrogens with one attached hydrogen (secondary N) is 1. The first-order valence-electron chi connectivity index (χ1n) is 19.7. The number of nitrogens with zero attached hydrogens (tertiary/aromatic N) is 2. The van der Waals surface area contributed by atoms with E-state index in [9.17, 15) is 27.6 Å². The van der Waals surface area contributed by atoms with Crippen LogP contribution >= 0.6 is 0 Å². The van der Waals surface area contributed by atoms with Gasteiger partial charge in [-0.15, -0.1) is 6.58 Å². The van der Waals surface area contributed by atoms with Gasteiger partial charge in [0.05, 0.1) is 42.2 Å². The molecular weight excluding hydrogens is 695 g/mol. The van der Waals surface area contributed by atoms with E-state index in [1.807, 2.05) is 6.07 Å². The molecule has 12 heteroatoms. The molecule has 1 aromatic carbocycles. The fourth-order valence-electron chi connectivity index (χ4n) is 8.99. The van der Waals surface area contributed by atoms with Crippen LogP contribution in [0.5, 0.6) is 5.88 Å². The van der Waals surface area contributed by atoms with Gasteiger partial charge in [0, 0.05) is 24.4 Å². The number of benzene rings is 1. The molecule has 0 unspecified atom stereocenters. The van der Waals surface area contributed by atoms with Crippen LogP contribution in [0.1, 0.15) is 102 Å². The summed E-state index contributed by atoms with van der Waals surface area (Å²) in [6.45, 7) is 6.37. The molecule has 5 aliphatic rings. The van der Waals surface area contributed by atoms with E-state index in [0.717, 1.165) is 74.1 Å². The van der Waals surface area contributed by atoms with Crippen LogP contribution in [0.15, 0.2) is 43.1 Å². The number of hydrogen-bond donors (Lipinski definition) is 1. The molecule has 0 spiro atoms. The Labute approximate surface area is 312 Å². The minimum Gasteiger partial charge on any atom is -0.472 e. The van der Waals surface area contributed by atoms with Gasteiger partial charge in [-0.05, 0) is 92.2 Å². The van der Waals surface area contributed by atoms with E-state index in [-0.39, 0.29) is 55.3 Å². The van der Waals surface area contributed by atoms with Gasteiger partial charge in [0.25, 0.3) is 0 Å². The zero-order valence-corrected chi connectivity index (χ0v) is 31.6. The van der Waals surface area contributed by atoms with E-state index in [0.29, 0.717) is 31.7 Å². The molecule has 4 fully saturated rings. The molecule has 2 amide bonds. The van der Waals surface area contributed by atoms with Crippen molar-refractivity contribution < 1.29 is 37.1 Å². The van der Waals surface area contributed by atoms with E-state index in [1.54, 1.807) is 17.2 Å². The summed E-state index contributed by atoms with van der Waals surface area (Å²) < 4.78 is 40.3. The normalized spacial score (nSPS) is 30.2. The lowest BCUT2D eigenvalue weighted by atomic mass is 9.77. The highest BCUT2D eigenvalue weighted by atomic mass is 32.2. The summed E-state index contributed by atoms with van der Waals surface area (Å²) in [7, 11) is -3.83. The van der Waals surface area contributed by atoms with Gasteiger partial charge < -0.3 is 14.4 Å². The predicted octanol–water partition coefficient (Wildman–Crippen LogP) is 5.84. The third-order valence-corrected chi connectivity index (χ3v) is 14.4. The number of carbonyl (C=O) groups excluding carboxylic acids is 4. The summed E-state index contributed by atoms with van der Waals surface area (Å²) in [5.41, 5.74) is -0.111. The van der Waals surface area contributed by atoms with Crippen molar-refractivity contribution in [2.45, 2.75) is 121 Å². The number of aromatic nitrogens is 1. The fraction of sp³-hybridized carbons (Fsp3) is 0.634. The fourth-order valence-corrected chi connectivity index (χ4v) is 10.4. The largest absolute Gasteiger partial charge is 0.472 e. The van der Waals surface area contributed by atoms with E-state index in [2.05, 4.69) is 41.4 Å². The van der Waals surface area contributed by atoms with Gasteiger partial charge in [0.2, 0.25) is 27.7 Å². The first-order valence-corrected chi connectivity index (χ1v) is 21.3. The Morgan fingerprint density at radius 2 is 1.87 bits per heavy atom. The number of Topliss-reactive ketones (excluding diaryl/α,β-unsaturated/α-hetero) is 1. The van der Waals surface area contributed by atoms with Gasteiger partial charge >= 0.3 is 5.97 Å². The van der Waals surface area contributed by atoms with Crippen molar-refractivity contribution in [2.75, 3.05) is 13.2 Å². The zero-order valence-electron chi connectivity index (χ0n) is 30.8. The maximum absolute atomic E-state index is 14.8. The van der Waals surface area contributed by atoms with Gasteiger partial charge in [0.15, 0.2) is 5.78 Å². The number of hydrogen-bond acceptors (Lipinski definition) is 9. The molecule has 0 radical (unpaired) electrons. The minimum absolute atomic E-state index is 0.0245. The Balaban J connectivity index is 1.21. The maximum atomic E-state index is 14.8. The van der Waals surface area contributed by atoms with Gasteiger partial charge in [-0.3, -0.25) is 23.9 Å². The lowest BCUT2D eigenvalue weighted by Crippen LogP contribution is -2.48. The molecule has 3 aliphatic carbocycles. The number of cyclic esters (lactones) is 1. The monoisotopic (exact) mass is 747 g/mol. The molecule has 6 atom stereocenters. The molecule has 2 aromatic rings. The van der Waals surface area contributed by atoms with E-state index >= 15 is 0 Å². The average Bonchev–Trinajstić information content (AvgIpc) is 4.08. The summed E-state index contributed by atoms with van der Waals surface area (Å²) in [5, 5.41) is 1.24. The second-order valence-corrected chi connectivity index (χ2v) is 18.2. The van der Waals surface area contributed by atoms with Crippen LogP contribution < -0.4 is 9.46 Å². The number of esters is 1. The first-order chi connectivity index (χ1) is 25.5. The van der Waals surface area contributed by atoms with Crippen molar-refractivity contribution in [2.24, 2.45) is 29.1 Å². The van der Waals surface area contributed by atoms with Crippen LogP contribution in [0.3, 0.4) is 0 Å². The summed E-state index contributed by atoms with van der Waals surface area (Å²) in [6, 6.07) is 7.27. The van der Waals surface area contributed by atoms with Crippen LogP contribution in [0.4, 0.5) is 0 Å². The molecule has 1 aromatic heterocycles. The first kappa shape index (κ1) is 37.5. The topological polar surface area (TPSA) is 149 Å². The van der Waals surface area contributed by atoms with Gasteiger partial charge in [-0.1, -0.05) is 50.8 Å². The predicted molar refractivity (Wildman–Crippen MR) is 199 cm³/mol. The highest BCUT2D eigenvalue weighted by molar-refractivity contribution is 7.90. The summed E-state index contributed by atoms with van der Waals surface area (Å²) in [6.07, 6.45) is 12.1. The second-order valence-electron chi connectivity index (χ2n) is 16.2. The summed E-state index contributed by atoms with van der Waals surface area (Å²) >= 11 is 0. The minimum atomic E-state index is -3.83. The number of ether oxygens (including phenoxy) is 2. The molecule has 11 nitrogen and oxygen atoms in total. The number of allylic oxidation sites excluding steroid dienone is 1. The van der Waals surface area contributed by atoms with Crippen LogP contribution in [-0.2, 0) is 40.4 Å². The standard InChI is InChI=1S/C41H53N3O8S/c1-3-26-9-8-10-27-13-14-29-17-18-42-38(33(29)19-27)52-31-20-35(36(45)23-41(22-30(41)4-2)40(48)43-53(49,50)32-15-16-32)44(24-31)39(47)34(21-37(46)51-25-26)28-11-6-5-7-12-28/h4,13-14,17-19,26,28,30-32,34-35H,2-3,5-12,15-16,20-25H2,1H3,(H,43,48)/t26-,30-,31+,34-,35-,41+/m0/s1. The Hall–Kier alpha value is -3.80. The molecule has 1 saturated heterocycles. The number of sulfonamides is 1. The zero-order chi connectivity index (χ0) is 37.3. The molecule has 2 aliphatic heterocycles. The van der Waals surface area contributed by atoms with Crippen molar-refractivity contribution in [1.29, 1.82) is 0 Å². The molecule has 3 saturated carbocycles. The van der Waals surface area contributed by atoms with Crippen molar-refractivity contribution in [3.8, 4) is 5.88 Å². The van der Waals surface area contributed by atoms with Crippen LogP contribution in [0.25, 0.3) is 10.8 Å². The second kappa shape index (κ2) is 15.5. The van der Waals surface area contributed by atoms with Crippen molar-refractivity contribution in [3.05, 3.63) is 48.7 Å². The summed E-state index contributed by atoms with van der Waals surface area (Å²) in [4.78, 5) is 62.6. The van der Waals surface area contributed by atoms with Crippen molar-refractivity contribution in [3.63, 3.8) is 0 Å². The van der Waals surface area contributed by atoms with Crippen LogP contribution in [0, 0.1) is 29.1 Å². The Morgan fingerprint density at radius 1 is 1.08 bits per heavy atom. The van der Waals surface area contributed by atoms with Crippen molar-refractivity contribution in [1.82, 2.24) is 14.6 Å². The molecule has 7 rings (SSSR count). The van der Waals surface area contributed by atoms with E-state index < -0.39 is 50.6 Å². The quantitative estimate of drug-likeness (QED) is 0.247. The lowest BCUT2D eigenvalue weighted by Gasteiger charge is -2.34. The molecule has 53 heavy (non-hydrogen) atoms. The molecular formula is C41H53N3O8S. The van der Waals surface area contributed by atoms with Crippen LogP contribution in [0.2, 0.25) is 0 Å². The van der Waals surface area contributed by atoms with Gasteiger partial charge in [-0.25, -0.2) is 13.4 Å². The number of aryl methyl sites for hydroxylation is 1. The number of pyridine rings is 1. The molecule has 1 N–H and O–H groups in total. The molecule has 4 bridgehead atoms. The third kappa shape index (κ3) is 8.17. The smallest absolute Gasteiger partial charge is 0.306 e. The number of fused-ring (bicyclic) bond motifs is 3.